The summed E-state index contributed by atoms with van der Waals surface area (Å²) in [7, 11) is 0. The minimum atomic E-state index is -1.51. The molecule has 3 rings (SSSR count). The van der Waals surface area contributed by atoms with E-state index in [1.54, 1.807) is 0 Å². The Hall–Kier alpha value is -3.35. The Labute approximate surface area is 168 Å². The molecule has 0 bridgehead atoms. The zero-order valence-corrected chi connectivity index (χ0v) is 16.2. The molecule has 7 nitrogen and oxygen atoms in total. The lowest BCUT2D eigenvalue weighted by molar-refractivity contribution is -0.317. The van der Waals surface area contributed by atoms with Gasteiger partial charge in [-0.15, -0.1) is 0 Å². The van der Waals surface area contributed by atoms with Gasteiger partial charge in [0, 0.05) is 25.3 Å². The van der Waals surface area contributed by atoms with Crippen molar-refractivity contribution in [1.82, 2.24) is 5.32 Å². The molecule has 0 heterocycles. The number of hydrogen-bond acceptors (Lipinski definition) is 6. The predicted molar refractivity (Wildman–Crippen MR) is 103 cm³/mol. The van der Waals surface area contributed by atoms with Gasteiger partial charge in [-0.05, 0) is 22.3 Å². The number of hydrogen-bond donors (Lipinski definition) is 1. The molecule has 1 aliphatic carbocycles. The first-order valence-corrected chi connectivity index (χ1v) is 9.35. The van der Waals surface area contributed by atoms with Gasteiger partial charge in [0.25, 0.3) is 0 Å². The van der Waals surface area contributed by atoms with E-state index in [4.69, 9.17) is 9.47 Å². The average Bonchev–Trinajstić information content (AvgIpc) is 3.02. The highest BCUT2D eigenvalue weighted by molar-refractivity contribution is 5.79. The Morgan fingerprint density at radius 1 is 1.03 bits per heavy atom. The highest BCUT2D eigenvalue weighted by Gasteiger charge is 2.29. The third-order valence-electron chi connectivity index (χ3n) is 4.95. The lowest BCUT2D eigenvalue weighted by atomic mass is 9.98. The number of carbonyl (C=O) groups is 3. The quantitative estimate of drug-likeness (QED) is 0.716. The first-order valence-electron chi connectivity index (χ1n) is 9.35. The number of rotatable bonds is 7. The number of esters is 1. The zero-order chi connectivity index (χ0) is 21.0. The van der Waals surface area contributed by atoms with E-state index in [1.807, 2.05) is 48.5 Å². The van der Waals surface area contributed by atoms with E-state index in [9.17, 15) is 19.5 Å². The van der Waals surface area contributed by atoms with E-state index in [-0.39, 0.29) is 19.1 Å². The standard InChI is InChI=1S/C22H23NO6/c1-13(20(21(25)26)29-14(2)24)11-23-22(27)28-12-19-17-9-5-3-7-15(17)16-8-4-6-10-18(16)19/h3-10,13,19-20H,11-12H2,1-2H3,(H,23,27)(H,25,26)/p-1. The summed E-state index contributed by atoms with van der Waals surface area (Å²) in [4.78, 5) is 34.3. The van der Waals surface area contributed by atoms with Gasteiger partial charge in [-0.25, -0.2) is 4.79 Å². The van der Waals surface area contributed by atoms with Crippen molar-refractivity contribution in [3.8, 4) is 11.1 Å². The Morgan fingerprint density at radius 2 is 1.59 bits per heavy atom. The highest BCUT2D eigenvalue weighted by atomic mass is 16.6. The second kappa shape index (κ2) is 8.77. The number of carbonyl (C=O) groups excluding carboxylic acids is 3. The van der Waals surface area contributed by atoms with Gasteiger partial charge in [0.05, 0.1) is 5.97 Å². The second-order valence-electron chi connectivity index (χ2n) is 7.03. The Kier molecular flexibility index (Phi) is 6.16. The number of aliphatic carboxylic acids is 1. The van der Waals surface area contributed by atoms with Crippen molar-refractivity contribution in [3.05, 3.63) is 59.7 Å². The maximum atomic E-state index is 12.1. The fraction of sp³-hybridized carbons (Fsp3) is 0.318. The molecule has 1 amide bonds. The van der Waals surface area contributed by atoms with Crippen LogP contribution in [0.25, 0.3) is 11.1 Å². The minimum absolute atomic E-state index is 0.0391. The summed E-state index contributed by atoms with van der Waals surface area (Å²) in [6.45, 7) is 2.76. The van der Waals surface area contributed by atoms with Crippen LogP contribution >= 0.6 is 0 Å². The molecule has 2 aromatic carbocycles. The summed E-state index contributed by atoms with van der Waals surface area (Å²) < 4.78 is 10.1. The lowest BCUT2D eigenvalue weighted by Gasteiger charge is -2.24. The van der Waals surface area contributed by atoms with Gasteiger partial charge in [-0.2, -0.15) is 0 Å². The molecular weight excluding hydrogens is 374 g/mol. The number of carboxylic acids is 1. The normalized spacial score (nSPS) is 14.3. The van der Waals surface area contributed by atoms with Crippen molar-refractivity contribution in [2.45, 2.75) is 25.9 Å². The van der Waals surface area contributed by atoms with Crippen molar-refractivity contribution >= 4 is 18.0 Å². The number of benzene rings is 2. The number of nitrogens with one attached hydrogen (secondary N) is 1. The third-order valence-corrected chi connectivity index (χ3v) is 4.95. The second-order valence-corrected chi connectivity index (χ2v) is 7.03. The van der Waals surface area contributed by atoms with Crippen molar-refractivity contribution < 1.29 is 29.0 Å². The van der Waals surface area contributed by atoms with Crippen molar-refractivity contribution in [2.75, 3.05) is 13.2 Å². The first-order chi connectivity index (χ1) is 13.9. The van der Waals surface area contributed by atoms with E-state index < -0.39 is 30.1 Å². The van der Waals surface area contributed by atoms with E-state index in [0.717, 1.165) is 29.2 Å². The van der Waals surface area contributed by atoms with Crippen LogP contribution in [-0.2, 0) is 19.1 Å². The van der Waals surface area contributed by atoms with Gasteiger partial charge in [0.15, 0.2) is 0 Å². The molecular formula is C22H22NO6-. The smallest absolute Gasteiger partial charge is 0.407 e. The molecule has 7 heteroatoms. The molecule has 1 aliphatic rings. The van der Waals surface area contributed by atoms with Crippen LogP contribution in [0.15, 0.2) is 48.5 Å². The average molecular weight is 396 g/mol. The van der Waals surface area contributed by atoms with E-state index in [2.05, 4.69) is 5.32 Å². The van der Waals surface area contributed by atoms with Gasteiger partial charge >= 0.3 is 12.1 Å². The summed E-state index contributed by atoms with van der Waals surface area (Å²) in [5, 5.41) is 13.6. The van der Waals surface area contributed by atoms with Crippen molar-refractivity contribution in [2.24, 2.45) is 5.92 Å². The minimum Gasteiger partial charge on any atom is -0.546 e. The topological polar surface area (TPSA) is 105 Å². The van der Waals surface area contributed by atoms with Gasteiger partial charge in [-0.1, -0.05) is 55.5 Å². The molecule has 0 saturated heterocycles. The maximum Gasteiger partial charge on any atom is 0.407 e. The van der Waals surface area contributed by atoms with Gasteiger partial charge < -0.3 is 24.7 Å². The van der Waals surface area contributed by atoms with E-state index >= 15 is 0 Å². The molecule has 1 N–H and O–H groups in total. The fourth-order valence-corrected chi connectivity index (χ4v) is 3.58. The summed E-state index contributed by atoms with van der Waals surface area (Å²) in [6, 6.07) is 16.0. The van der Waals surface area contributed by atoms with Gasteiger partial charge in [0.1, 0.15) is 12.7 Å². The number of amides is 1. The number of alkyl carbamates (subject to hydrolysis) is 1. The molecule has 2 aromatic rings. The molecule has 0 spiro atoms. The molecule has 29 heavy (non-hydrogen) atoms. The number of ether oxygens (including phenoxy) is 2. The number of carboxylic acid groups (broad SMARTS) is 1. The summed E-state index contributed by atoms with van der Waals surface area (Å²) >= 11 is 0. The van der Waals surface area contributed by atoms with Crippen LogP contribution in [0, 0.1) is 5.92 Å². The Morgan fingerprint density at radius 3 is 2.10 bits per heavy atom. The van der Waals surface area contributed by atoms with Crippen LogP contribution in [-0.4, -0.2) is 37.3 Å². The summed E-state index contributed by atoms with van der Waals surface area (Å²) in [6.07, 6.45) is -2.11. The lowest BCUT2D eigenvalue weighted by Crippen LogP contribution is -2.46. The van der Waals surface area contributed by atoms with Crippen molar-refractivity contribution in [3.63, 3.8) is 0 Å². The Balaban J connectivity index is 1.59. The van der Waals surface area contributed by atoms with E-state index in [0.29, 0.717) is 0 Å². The molecule has 2 unspecified atom stereocenters. The SMILES string of the molecule is CC(=O)OC(C(=O)[O-])C(C)CNC(=O)OCC1c2ccccc2-c2ccccc21. The molecule has 0 saturated carbocycles. The molecule has 2 atom stereocenters. The Bertz CT molecular complexity index is 880. The molecule has 0 fully saturated rings. The van der Waals surface area contributed by atoms with Crippen LogP contribution in [0.2, 0.25) is 0 Å². The van der Waals surface area contributed by atoms with Crippen LogP contribution in [0.4, 0.5) is 4.79 Å². The van der Waals surface area contributed by atoms with Crippen LogP contribution in [0.1, 0.15) is 30.9 Å². The van der Waals surface area contributed by atoms with Gasteiger partial charge in [0.2, 0.25) is 0 Å². The summed E-state index contributed by atoms with van der Waals surface area (Å²) in [5.41, 5.74) is 4.45. The monoisotopic (exact) mass is 396 g/mol. The van der Waals surface area contributed by atoms with Crippen LogP contribution in [0.5, 0.6) is 0 Å². The molecule has 0 aliphatic heterocycles. The molecule has 0 aromatic heterocycles. The first kappa shape index (κ1) is 20.4. The summed E-state index contributed by atoms with van der Waals surface area (Å²) in [5.74, 6) is -2.99. The maximum absolute atomic E-state index is 12.1. The van der Waals surface area contributed by atoms with E-state index in [1.165, 1.54) is 6.92 Å². The third kappa shape index (κ3) is 4.56. The van der Waals surface area contributed by atoms with Crippen molar-refractivity contribution in [1.29, 1.82) is 0 Å². The molecule has 152 valence electrons. The zero-order valence-electron chi connectivity index (χ0n) is 16.2. The largest absolute Gasteiger partial charge is 0.546 e. The predicted octanol–water partition coefficient (Wildman–Crippen LogP) is 1.84. The van der Waals surface area contributed by atoms with Crippen LogP contribution in [0.3, 0.4) is 0 Å². The van der Waals surface area contributed by atoms with Gasteiger partial charge in [-0.3, -0.25) is 4.79 Å². The highest BCUT2D eigenvalue weighted by Crippen LogP contribution is 2.44. The number of fused-ring (bicyclic) bond motifs is 3. The molecule has 0 radical (unpaired) electrons. The van der Waals surface area contributed by atoms with Crippen LogP contribution < -0.4 is 10.4 Å². The fourth-order valence-electron chi connectivity index (χ4n) is 3.58.